The summed E-state index contributed by atoms with van der Waals surface area (Å²) in [5.74, 6) is -1.07. The van der Waals surface area contributed by atoms with Crippen molar-refractivity contribution >= 4 is 39.1 Å². The van der Waals surface area contributed by atoms with Gasteiger partial charge in [0.05, 0.1) is 9.40 Å². The van der Waals surface area contributed by atoms with Crippen molar-refractivity contribution in [1.29, 1.82) is 0 Å². The van der Waals surface area contributed by atoms with Gasteiger partial charge in [0.25, 0.3) is 11.6 Å². The van der Waals surface area contributed by atoms with Gasteiger partial charge < -0.3 is 11.1 Å². The van der Waals surface area contributed by atoms with Gasteiger partial charge in [0, 0.05) is 22.9 Å². The van der Waals surface area contributed by atoms with Crippen molar-refractivity contribution in [3.8, 4) is 0 Å². The zero-order valence-electron chi connectivity index (χ0n) is 11.1. The van der Waals surface area contributed by atoms with E-state index in [4.69, 9.17) is 5.73 Å². The summed E-state index contributed by atoms with van der Waals surface area (Å²) in [4.78, 5) is 33.3. The SMILES string of the molecule is NC(=O)c1ccc(NC(=O)c2ccc(Br)c([N+](=O)[O-])c2)cc1. The third-order valence-corrected chi connectivity index (χ3v) is 3.50. The Morgan fingerprint density at radius 2 is 1.68 bits per heavy atom. The standard InChI is InChI=1S/C14H10BrN3O4/c15-11-6-3-9(7-12(11)18(21)22)14(20)17-10-4-1-8(2-5-10)13(16)19/h1-7H,(H2,16,19)(H,17,20). The van der Waals surface area contributed by atoms with Crippen LogP contribution in [-0.2, 0) is 0 Å². The molecule has 0 fully saturated rings. The molecule has 7 nitrogen and oxygen atoms in total. The van der Waals surface area contributed by atoms with E-state index in [-0.39, 0.29) is 11.3 Å². The highest BCUT2D eigenvalue weighted by Gasteiger charge is 2.16. The van der Waals surface area contributed by atoms with Crippen molar-refractivity contribution < 1.29 is 14.5 Å². The van der Waals surface area contributed by atoms with E-state index in [0.29, 0.717) is 15.7 Å². The number of primary amides is 1. The van der Waals surface area contributed by atoms with E-state index in [1.807, 2.05) is 0 Å². The second-order valence-electron chi connectivity index (χ2n) is 4.32. The molecule has 0 radical (unpaired) electrons. The number of hydrogen-bond donors (Lipinski definition) is 2. The molecule has 2 aromatic rings. The summed E-state index contributed by atoms with van der Waals surface area (Å²) in [5, 5.41) is 13.4. The molecule has 0 saturated heterocycles. The average molecular weight is 364 g/mol. The zero-order valence-corrected chi connectivity index (χ0v) is 12.7. The molecule has 22 heavy (non-hydrogen) atoms. The van der Waals surface area contributed by atoms with E-state index in [9.17, 15) is 19.7 Å². The maximum Gasteiger partial charge on any atom is 0.284 e. The molecule has 2 rings (SSSR count). The van der Waals surface area contributed by atoms with Gasteiger partial charge in [-0.3, -0.25) is 19.7 Å². The number of amides is 2. The minimum atomic E-state index is -0.581. The van der Waals surface area contributed by atoms with Crippen LogP contribution in [0.3, 0.4) is 0 Å². The van der Waals surface area contributed by atoms with Crippen LogP contribution in [-0.4, -0.2) is 16.7 Å². The lowest BCUT2D eigenvalue weighted by Crippen LogP contribution is -2.13. The molecule has 0 unspecified atom stereocenters. The number of nitrogens with zero attached hydrogens (tertiary/aromatic N) is 1. The summed E-state index contributed by atoms with van der Waals surface area (Å²) >= 11 is 3.05. The number of anilines is 1. The Morgan fingerprint density at radius 3 is 2.23 bits per heavy atom. The lowest BCUT2D eigenvalue weighted by atomic mass is 10.1. The summed E-state index contributed by atoms with van der Waals surface area (Å²) in [6.07, 6.45) is 0. The van der Waals surface area contributed by atoms with Crippen LogP contribution in [0, 0.1) is 10.1 Å². The van der Waals surface area contributed by atoms with Crippen molar-refractivity contribution in [2.24, 2.45) is 5.73 Å². The highest BCUT2D eigenvalue weighted by Crippen LogP contribution is 2.26. The summed E-state index contributed by atoms with van der Waals surface area (Å²) in [7, 11) is 0. The van der Waals surface area contributed by atoms with Gasteiger partial charge in [-0.2, -0.15) is 0 Å². The van der Waals surface area contributed by atoms with E-state index in [1.54, 1.807) is 0 Å². The number of benzene rings is 2. The number of nitrogens with one attached hydrogen (secondary N) is 1. The zero-order chi connectivity index (χ0) is 16.3. The molecular formula is C14H10BrN3O4. The third-order valence-electron chi connectivity index (χ3n) is 2.83. The molecule has 0 spiro atoms. The maximum absolute atomic E-state index is 12.1. The Kier molecular flexibility index (Phi) is 4.52. The number of hydrogen-bond acceptors (Lipinski definition) is 4. The summed E-state index contributed by atoms with van der Waals surface area (Å²) in [6.45, 7) is 0. The molecule has 0 aliphatic carbocycles. The Balaban J connectivity index is 2.20. The van der Waals surface area contributed by atoms with E-state index < -0.39 is 16.7 Å². The molecule has 0 aromatic heterocycles. The van der Waals surface area contributed by atoms with Crippen molar-refractivity contribution in [3.05, 3.63) is 68.2 Å². The van der Waals surface area contributed by atoms with Crippen molar-refractivity contribution in [3.63, 3.8) is 0 Å². The Hall–Kier alpha value is -2.74. The molecule has 0 heterocycles. The molecule has 112 valence electrons. The first-order chi connectivity index (χ1) is 10.4. The van der Waals surface area contributed by atoms with Crippen LogP contribution >= 0.6 is 15.9 Å². The molecule has 0 aliphatic rings. The Morgan fingerprint density at radius 1 is 1.09 bits per heavy atom. The number of nitrogens with two attached hydrogens (primary N) is 1. The first-order valence-electron chi connectivity index (χ1n) is 6.03. The number of nitro groups is 1. The van der Waals surface area contributed by atoms with Gasteiger partial charge >= 0.3 is 0 Å². The highest BCUT2D eigenvalue weighted by molar-refractivity contribution is 9.10. The summed E-state index contributed by atoms with van der Waals surface area (Å²) < 4.78 is 0.292. The fourth-order valence-corrected chi connectivity index (χ4v) is 2.11. The van der Waals surface area contributed by atoms with Gasteiger partial charge in [-0.15, -0.1) is 0 Å². The van der Waals surface area contributed by atoms with Crippen LogP contribution in [0.5, 0.6) is 0 Å². The number of halogens is 1. The lowest BCUT2D eigenvalue weighted by Gasteiger charge is -2.06. The van der Waals surface area contributed by atoms with Gasteiger partial charge in [-0.05, 0) is 52.3 Å². The predicted octanol–water partition coefficient (Wildman–Crippen LogP) is 2.71. The smallest absolute Gasteiger partial charge is 0.284 e. The number of nitro benzene ring substituents is 1. The van der Waals surface area contributed by atoms with E-state index in [2.05, 4.69) is 21.2 Å². The van der Waals surface area contributed by atoms with Gasteiger partial charge in [0.15, 0.2) is 0 Å². The first-order valence-corrected chi connectivity index (χ1v) is 6.83. The van der Waals surface area contributed by atoms with Crippen LogP contribution in [0.1, 0.15) is 20.7 Å². The van der Waals surface area contributed by atoms with Crippen molar-refractivity contribution in [2.75, 3.05) is 5.32 Å². The number of carbonyl (C=O) groups excluding carboxylic acids is 2. The summed E-state index contributed by atoms with van der Waals surface area (Å²) in [6, 6.07) is 10.1. The molecule has 2 amide bonds. The molecule has 2 aromatic carbocycles. The average Bonchev–Trinajstić information content (AvgIpc) is 2.47. The van der Waals surface area contributed by atoms with E-state index in [0.717, 1.165) is 0 Å². The van der Waals surface area contributed by atoms with Gasteiger partial charge in [-0.25, -0.2) is 0 Å². The van der Waals surface area contributed by atoms with Crippen LogP contribution in [0.4, 0.5) is 11.4 Å². The molecular weight excluding hydrogens is 354 g/mol. The van der Waals surface area contributed by atoms with Crippen molar-refractivity contribution in [1.82, 2.24) is 0 Å². The van der Waals surface area contributed by atoms with E-state index >= 15 is 0 Å². The largest absolute Gasteiger partial charge is 0.366 e. The Bertz CT molecular complexity index is 759. The van der Waals surface area contributed by atoms with E-state index in [1.165, 1.54) is 42.5 Å². The number of carbonyl (C=O) groups is 2. The second kappa shape index (κ2) is 6.35. The normalized spacial score (nSPS) is 10.0. The quantitative estimate of drug-likeness (QED) is 0.641. The number of rotatable bonds is 4. The van der Waals surface area contributed by atoms with Crippen LogP contribution < -0.4 is 11.1 Å². The Labute approximate surface area is 133 Å². The molecule has 0 bridgehead atoms. The molecule has 0 aliphatic heterocycles. The van der Waals surface area contributed by atoms with Gasteiger partial charge in [0.1, 0.15) is 0 Å². The topological polar surface area (TPSA) is 115 Å². The minimum Gasteiger partial charge on any atom is -0.366 e. The monoisotopic (exact) mass is 363 g/mol. The third kappa shape index (κ3) is 3.47. The fourth-order valence-electron chi connectivity index (χ4n) is 1.71. The molecule has 3 N–H and O–H groups in total. The molecule has 0 saturated carbocycles. The summed E-state index contributed by atoms with van der Waals surface area (Å²) in [5.41, 5.74) is 5.83. The molecule has 8 heteroatoms. The van der Waals surface area contributed by atoms with Gasteiger partial charge in [0.2, 0.25) is 5.91 Å². The van der Waals surface area contributed by atoms with Gasteiger partial charge in [-0.1, -0.05) is 0 Å². The first kappa shape index (κ1) is 15.6. The highest BCUT2D eigenvalue weighted by atomic mass is 79.9. The lowest BCUT2D eigenvalue weighted by molar-refractivity contribution is -0.385. The minimum absolute atomic E-state index is 0.147. The predicted molar refractivity (Wildman–Crippen MR) is 83.7 cm³/mol. The van der Waals surface area contributed by atoms with Crippen LogP contribution in [0.2, 0.25) is 0 Å². The van der Waals surface area contributed by atoms with Crippen LogP contribution in [0.15, 0.2) is 46.9 Å². The fraction of sp³-hybridized carbons (Fsp3) is 0. The van der Waals surface area contributed by atoms with Crippen LogP contribution in [0.25, 0.3) is 0 Å². The second-order valence-corrected chi connectivity index (χ2v) is 5.17. The maximum atomic E-state index is 12.1. The molecule has 0 atom stereocenters. The van der Waals surface area contributed by atoms with Crippen molar-refractivity contribution in [2.45, 2.75) is 0 Å².